The van der Waals surface area contributed by atoms with Crippen LogP contribution in [-0.4, -0.2) is 33.3 Å². The van der Waals surface area contributed by atoms with Gasteiger partial charge in [-0.1, -0.05) is 6.07 Å². The molecule has 4 N–H and O–H groups in total. The summed E-state index contributed by atoms with van der Waals surface area (Å²) >= 11 is 1.61. The zero-order valence-electron chi connectivity index (χ0n) is 16.0. The third kappa shape index (κ3) is 3.77. The second-order valence-electron chi connectivity index (χ2n) is 7.99. The molecule has 0 spiro atoms. The van der Waals surface area contributed by atoms with Crippen LogP contribution in [-0.2, 0) is 6.54 Å². The number of pyridine rings is 1. The zero-order chi connectivity index (χ0) is 19.6. The minimum absolute atomic E-state index is 0.0246. The minimum Gasteiger partial charge on any atom is -0.368 e. The number of fused-ring (bicyclic) bond motifs is 2. The number of anilines is 2. The van der Waals surface area contributed by atoms with Crippen LogP contribution in [0.4, 0.5) is 11.8 Å². The van der Waals surface area contributed by atoms with Crippen molar-refractivity contribution in [2.24, 2.45) is 11.1 Å². The summed E-state index contributed by atoms with van der Waals surface area (Å²) in [5, 5.41) is 17.1. The van der Waals surface area contributed by atoms with Gasteiger partial charge in [0.2, 0.25) is 5.95 Å². The number of nitrogens with one attached hydrogen (secondary N) is 2. The van der Waals surface area contributed by atoms with Gasteiger partial charge in [-0.15, -0.1) is 11.8 Å². The zero-order valence-corrected chi connectivity index (χ0v) is 16.9. The summed E-state index contributed by atoms with van der Waals surface area (Å²) in [6, 6.07) is 6.14. The SMILES string of the molecule is CSc1ncccc1CNc1ncc(C#N)c(NCC23CCC(N)(CC2)C3)n1. The lowest BCUT2D eigenvalue weighted by Gasteiger charge is -2.27. The molecular formula is C20H25N7S. The van der Waals surface area contributed by atoms with Crippen molar-refractivity contribution in [2.75, 3.05) is 23.4 Å². The molecule has 7 nitrogen and oxygen atoms in total. The van der Waals surface area contributed by atoms with Crippen LogP contribution < -0.4 is 16.4 Å². The molecule has 8 heteroatoms. The highest BCUT2D eigenvalue weighted by atomic mass is 32.2. The van der Waals surface area contributed by atoms with Crippen LogP contribution in [0, 0.1) is 16.7 Å². The van der Waals surface area contributed by atoms with E-state index in [9.17, 15) is 5.26 Å². The molecule has 2 saturated carbocycles. The van der Waals surface area contributed by atoms with Crippen LogP contribution in [0.25, 0.3) is 0 Å². The van der Waals surface area contributed by atoms with Gasteiger partial charge in [0.05, 0.1) is 6.20 Å². The largest absolute Gasteiger partial charge is 0.368 e. The molecule has 2 heterocycles. The average Bonchev–Trinajstić information content (AvgIpc) is 3.25. The van der Waals surface area contributed by atoms with Gasteiger partial charge in [0, 0.05) is 30.4 Å². The van der Waals surface area contributed by atoms with Crippen LogP contribution in [0.15, 0.2) is 29.6 Å². The molecule has 2 fully saturated rings. The fourth-order valence-corrected chi connectivity index (χ4v) is 5.06. The van der Waals surface area contributed by atoms with Crippen molar-refractivity contribution in [1.29, 1.82) is 5.26 Å². The lowest BCUT2D eigenvalue weighted by molar-refractivity contribution is 0.313. The Kier molecular flexibility index (Phi) is 5.13. The van der Waals surface area contributed by atoms with Gasteiger partial charge in [-0.2, -0.15) is 10.2 Å². The van der Waals surface area contributed by atoms with Crippen molar-refractivity contribution in [3.63, 3.8) is 0 Å². The van der Waals surface area contributed by atoms with Crippen LogP contribution in [0.5, 0.6) is 0 Å². The first-order valence-electron chi connectivity index (χ1n) is 9.57. The Morgan fingerprint density at radius 3 is 2.75 bits per heavy atom. The Morgan fingerprint density at radius 2 is 2.07 bits per heavy atom. The minimum atomic E-state index is 0.0246. The Balaban J connectivity index is 1.45. The first-order chi connectivity index (χ1) is 13.5. The molecule has 0 saturated heterocycles. The lowest BCUT2D eigenvalue weighted by atomic mass is 9.84. The van der Waals surface area contributed by atoms with E-state index in [1.165, 1.54) is 0 Å². The Morgan fingerprint density at radius 1 is 1.25 bits per heavy atom. The molecule has 2 aromatic heterocycles. The van der Waals surface area contributed by atoms with E-state index in [4.69, 9.17) is 5.73 Å². The van der Waals surface area contributed by atoms with Gasteiger partial charge in [0.15, 0.2) is 0 Å². The van der Waals surface area contributed by atoms with Crippen LogP contribution in [0.2, 0.25) is 0 Å². The molecule has 0 aromatic carbocycles. The maximum absolute atomic E-state index is 9.43. The lowest BCUT2D eigenvalue weighted by Crippen LogP contribution is -2.33. The van der Waals surface area contributed by atoms with Crippen LogP contribution in [0.3, 0.4) is 0 Å². The van der Waals surface area contributed by atoms with Crippen molar-refractivity contribution in [3.05, 3.63) is 35.7 Å². The van der Waals surface area contributed by atoms with E-state index in [1.54, 1.807) is 24.2 Å². The number of thioether (sulfide) groups is 1. The molecule has 0 amide bonds. The summed E-state index contributed by atoms with van der Waals surface area (Å²) in [6.45, 7) is 1.38. The van der Waals surface area contributed by atoms with Gasteiger partial charge >= 0.3 is 0 Å². The summed E-state index contributed by atoms with van der Waals surface area (Å²) in [5.74, 6) is 1.09. The van der Waals surface area contributed by atoms with Crippen molar-refractivity contribution in [3.8, 4) is 6.07 Å². The summed E-state index contributed by atoms with van der Waals surface area (Å²) in [7, 11) is 0. The van der Waals surface area contributed by atoms with Gasteiger partial charge in [-0.25, -0.2) is 9.97 Å². The number of rotatable bonds is 7. The van der Waals surface area contributed by atoms with E-state index >= 15 is 0 Å². The Bertz CT molecular complexity index is 900. The third-order valence-corrected chi connectivity index (χ3v) is 6.81. The predicted octanol–water partition coefficient (Wildman–Crippen LogP) is 3.15. The summed E-state index contributed by atoms with van der Waals surface area (Å²) < 4.78 is 0. The standard InChI is InChI=1S/C20H25N7S/c1-28-17-14(3-2-8-23-17)10-24-18-25-11-15(9-21)16(27-18)26-13-19-4-6-20(22,12-19)7-5-19/h2-3,8,11H,4-7,10,12-13,22H2,1H3,(H2,24,25,26,27). The van der Waals surface area contributed by atoms with E-state index in [-0.39, 0.29) is 11.0 Å². The van der Waals surface area contributed by atoms with Gasteiger partial charge < -0.3 is 16.4 Å². The summed E-state index contributed by atoms with van der Waals surface area (Å²) in [4.78, 5) is 13.2. The monoisotopic (exact) mass is 395 g/mol. The molecule has 2 aliphatic carbocycles. The summed E-state index contributed by atoms with van der Waals surface area (Å²) in [5.41, 5.74) is 8.25. The van der Waals surface area contributed by atoms with Crippen molar-refractivity contribution >= 4 is 23.5 Å². The molecule has 0 radical (unpaired) electrons. The molecule has 2 aromatic rings. The number of nitrogens with zero attached hydrogens (tertiary/aromatic N) is 4. The van der Waals surface area contributed by atoms with Crippen molar-refractivity contribution in [1.82, 2.24) is 15.0 Å². The first-order valence-corrected chi connectivity index (χ1v) is 10.8. The van der Waals surface area contributed by atoms with Gasteiger partial charge in [-0.3, -0.25) is 0 Å². The predicted molar refractivity (Wildman–Crippen MR) is 111 cm³/mol. The molecule has 0 unspecified atom stereocenters. The number of hydrogen-bond donors (Lipinski definition) is 3. The van der Waals surface area contributed by atoms with Crippen molar-refractivity contribution < 1.29 is 0 Å². The molecule has 2 bridgehead atoms. The first kappa shape index (κ1) is 19.0. The fourth-order valence-electron chi connectivity index (χ4n) is 4.49. The fraction of sp³-hybridized carbons (Fsp3) is 0.500. The average molecular weight is 396 g/mol. The van der Waals surface area contributed by atoms with E-state index in [0.29, 0.717) is 23.9 Å². The maximum Gasteiger partial charge on any atom is 0.224 e. The Hall–Kier alpha value is -2.37. The second-order valence-corrected chi connectivity index (χ2v) is 8.78. The van der Waals surface area contributed by atoms with E-state index in [1.807, 2.05) is 18.4 Å². The summed E-state index contributed by atoms with van der Waals surface area (Å²) in [6.07, 6.45) is 10.9. The van der Waals surface area contributed by atoms with Gasteiger partial charge in [0.25, 0.3) is 0 Å². The third-order valence-electron chi connectivity index (χ3n) is 6.05. The number of nitriles is 1. The number of hydrogen-bond acceptors (Lipinski definition) is 8. The highest BCUT2D eigenvalue weighted by Gasteiger charge is 2.51. The van der Waals surface area contributed by atoms with Crippen LogP contribution in [0.1, 0.15) is 43.2 Å². The quantitative estimate of drug-likeness (QED) is 0.613. The van der Waals surface area contributed by atoms with E-state index in [2.05, 4.69) is 31.7 Å². The molecular weight excluding hydrogens is 370 g/mol. The Labute approximate surface area is 169 Å². The number of nitrogens with two attached hydrogens (primary N) is 1. The van der Waals surface area contributed by atoms with Gasteiger partial charge in [-0.05, 0) is 49.8 Å². The molecule has 4 rings (SSSR count). The molecule has 146 valence electrons. The second kappa shape index (κ2) is 7.57. The molecule has 28 heavy (non-hydrogen) atoms. The van der Waals surface area contributed by atoms with Gasteiger partial charge in [0.1, 0.15) is 22.5 Å². The highest BCUT2D eigenvalue weighted by molar-refractivity contribution is 7.98. The highest BCUT2D eigenvalue weighted by Crippen LogP contribution is 2.55. The molecule has 0 atom stereocenters. The topological polar surface area (TPSA) is 113 Å². The number of aromatic nitrogens is 3. The van der Waals surface area contributed by atoms with E-state index < -0.39 is 0 Å². The normalized spacial score (nSPS) is 25.5. The molecule has 2 aliphatic rings. The maximum atomic E-state index is 9.43. The van der Waals surface area contributed by atoms with Crippen molar-refractivity contribution in [2.45, 2.75) is 49.2 Å². The van der Waals surface area contributed by atoms with E-state index in [0.717, 1.165) is 49.2 Å². The van der Waals surface area contributed by atoms with Crippen LogP contribution >= 0.6 is 11.8 Å². The smallest absolute Gasteiger partial charge is 0.224 e. The molecule has 0 aliphatic heterocycles.